The Morgan fingerprint density at radius 1 is 0.800 bits per heavy atom. The molecule has 2 heteroatoms. The molecule has 20 heavy (non-hydrogen) atoms. The molecule has 0 unspecified atom stereocenters. The number of benzene rings is 2. The number of hydrogen-bond acceptors (Lipinski definition) is 2. The van der Waals surface area contributed by atoms with Gasteiger partial charge in [-0.3, -0.25) is 0 Å². The molecular formula is C18H24O2. The van der Waals surface area contributed by atoms with Crippen LogP contribution in [-0.2, 0) is 6.42 Å². The van der Waals surface area contributed by atoms with Crippen molar-refractivity contribution in [2.75, 3.05) is 0 Å². The monoisotopic (exact) mass is 272 g/mol. The quantitative estimate of drug-likeness (QED) is 0.684. The lowest BCUT2D eigenvalue weighted by molar-refractivity contribution is 0.469. The molecule has 0 saturated heterocycles. The van der Waals surface area contributed by atoms with Crippen molar-refractivity contribution >= 4 is 10.8 Å². The summed E-state index contributed by atoms with van der Waals surface area (Å²) >= 11 is 0. The van der Waals surface area contributed by atoms with Crippen LogP contribution in [0.3, 0.4) is 0 Å². The fourth-order valence-corrected chi connectivity index (χ4v) is 2.67. The standard InChI is InChI=1S/C18H24O2/c1-2-3-4-5-6-7-9-14-12-13-15-16(18(14)20)10-8-11-17(15)19/h8,10-13,19-20H,2-7,9H2,1H3. The molecule has 0 saturated carbocycles. The summed E-state index contributed by atoms with van der Waals surface area (Å²) in [4.78, 5) is 0. The van der Waals surface area contributed by atoms with Crippen molar-refractivity contribution in [3.05, 3.63) is 35.9 Å². The van der Waals surface area contributed by atoms with Crippen molar-refractivity contribution < 1.29 is 10.2 Å². The third kappa shape index (κ3) is 3.44. The molecule has 0 aliphatic heterocycles. The molecule has 2 rings (SSSR count). The van der Waals surface area contributed by atoms with E-state index in [2.05, 4.69) is 6.92 Å². The van der Waals surface area contributed by atoms with Crippen LogP contribution in [0.2, 0.25) is 0 Å². The van der Waals surface area contributed by atoms with Gasteiger partial charge in [-0.2, -0.15) is 0 Å². The van der Waals surface area contributed by atoms with E-state index in [9.17, 15) is 10.2 Å². The Balaban J connectivity index is 1.99. The van der Waals surface area contributed by atoms with E-state index in [0.29, 0.717) is 5.75 Å². The Morgan fingerprint density at radius 2 is 1.55 bits per heavy atom. The van der Waals surface area contributed by atoms with Gasteiger partial charge in [-0.15, -0.1) is 0 Å². The lowest BCUT2D eigenvalue weighted by Gasteiger charge is -2.09. The van der Waals surface area contributed by atoms with Crippen LogP contribution in [-0.4, -0.2) is 10.2 Å². The fourth-order valence-electron chi connectivity index (χ4n) is 2.67. The van der Waals surface area contributed by atoms with E-state index >= 15 is 0 Å². The summed E-state index contributed by atoms with van der Waals surface area (Å²) in [7, 11) is 0. The third-order valence-corrected chi connectivity index (χ3v) is 3.89. The summed E-state index contributed by atoms with van der Waals surface area (Å²) in [5, 5.41) is 21.5. The Labute approximate surface area is 121 Å². The highest BCUT2D eigenvalue weighted by Gasteiger charge is 2.08. The van der Waals surface area contributed by atoms with E-state index in [0.717, 1.165) is 29.2 Å². The molecule has 0 heterocycles. The molecule has 0 fully saturated rings. The second kappa shape index (κ2) is 7.18. The van der Waals surface area contributed by atoms with Crippen LogP contribution >= 0.6 is 0 Å². The second-order valence-electron chi connectivity index (χ2n) is 5.46. The van der Waals surface area contributed by atoms with Crippen molar-refractivity contribution in [1.82, 2.24) is 0 Å². The molecule has 108 valence electrons. The lowest BCUT2D eigenvalue weighted by atomic mass is 10.00. The molecule has 0 aliphatic carbocycles. The summed E-state index contributed by atoms with van der Waals surface area (Å²) in [6.45, 7) is 2.22. The number of phenolic OH excluding ortho intramolecular Hbond substituents is 2. The van der Waals surface area contributed by atoms with Crippen LogP contribution in [0.25, 0.3) is 10.8 Å². The summed E-state index contributed by atoms with van der Waals surface area (Å²) in [6, 6.07) is 9.11. The minimum atomic E-state index is 0.226. The normalized spacial score (nSPS) is 11.1. The van der Waals surface area contributed by atoms with Crippen molar-refractivity contribution in [2.45, 2.75) is 51.9 Å². The first-order chi connectivity index (χ1) is 9.74. The number of phenols is 2. The summed E-state index contributed by atoms with van der Waals surface area (Å²) < 4.78 is 0. The Hall–Kier alpha value is -1.70. The number of fused-ring (bicyclic) bond motifs is 1. The van der Waals surface area contributed by atoms with Gasteiger partial charge in [0.25, 0.3) is 0 Å². The summed E-state index contributed by atoms with van der Waals surface area (Å²) in [6.07, 6.45) is 8.43. The molecule has 0 aromatic heterocycles. The van der Waals surface area contributed by atoms with E-state index < -0.39 is 0 Å². The van der Waals surface area contributed by atoms with Gasteiger partial charge in [0.2, 0.25) is 0 Å². The van der Waals surface area contributed by atoms with Gasteiger partial charge < -0.3 is 10.2 Å². The molecule has 0 spiro atoms. The molecule has 2 aromatic carbocycles. The predicted molar refractivity (Wildman–Crippen MR) is 84.4 cm³/mol. The third-order valence-electron chi connectivity index (χ3n) is 3.89. The van der Waals surface area contributed by atoms with Crippen LogP contribution in [0.4, 0.5) is 0 Å². The van der Waals surface area contributed by atoms with Crippen molar-refractivity contribution in [1.29, 1.82) is 0 Å². The molecule has 0 aliphatic rings. The Bertz CT molecular complexity index is 561. The highest BCUT2D eigenvalue weighted by Crippen LogP contribution is 2.34. The zero-order chi connectivity index (χ0) is 14.4. The highest BCUT2D eigenvalue weighted by atomic mass is 16.3. The molecule has 2 N–H and O–H groups in total. The van der Waals surface area contributed by atoms with Gasteiger partial charge in [-0.1, -0.05) is 63.3 Å². The van der Waals surface area contributed by atoms with Gasteiger partial charge in [-0.25, -0.2) is 0 Å². The van der Waals surface area contributed by atoms with E-state index in [1.165, 1.54) is 32.1 Å². The highest BCUT2D eigenvalue weighted by molar-refractivity contribution is 5.93. The first-order valence-electron chi connectivity index (χ1n) is 7.66. The van der Waals surface area contributed by atoms with Gasteiger partial charge in [0.1, 0.15) is 11.5 Å². The number of aromatic hydroxyl groups is 2. The van der Waals surface area contributed by atoms with E-state index in [1.807, 2.05) is 18.2 Å². The topological polar surface area (TPSA) is 40.5 Å². The number of rotatable bonds is 7. The average molecular weight is 272 g/mol. The van der Waals surface area contributed by atoms with Crippen LogP contribution in [0.5, 0.6) is 11.5 Å². The fraction of sp³-hybridized carbons (Fsp3) is 0.444. The zero-order valence-corrected chi connectivity index (χ0v) is 12.2. The van der Waals surface area contributed by atoms with Crippen LogP contribution in [0.1, 0.15) is 51.0 Å². The van der Waals surface area contributed by atoms with E-state index in [4.69, 9.17) is 0 Å². The molecule has 0 radical (unpaired) electrons. The number of aryl methyl sites for hydroxylation is 1. The van der Waals surface area contributed by atoms with Crippen molar-refractivity contribution in [2.24, 2.45) is 0 Å². The van der Waals surface area contributed by atoms with Crippen LogP contribution in [0, 0.1) is 0 Å². The first kappa shape index (κ1) is 14.7. The molecule has 0 amide bonds. The summed E-state index contributed by atoms with van der Waals surface area (Å²) in [5.74, 6) is 0.552. The molecule has 0 bridgehead atoms. The van der Waals surface area contributed by atoms with E-state index in [-0.39, 0.29) is 5.75 Å². The number of unbranched alkanes of at least 4 members (excludes halogenated alkanes) is 5. The average Bonchev–Trinajstić information content (AvgIpc) is 2.45. The van der Waals surface area contributed by atoms with Gasteiger partial charge in [0.15, 0.2) is 0 Å². The van der Waals surface area contributed by atoms with Gasteiger partial charge in [0.05, 0.1) is 0 Å². The molecule has 2 nitrogen and oxygen atoms in total. The lowest BCUT2D eigenvalue weighted by Crippen LogP contribution is -1.88. The Kier molecular flexibility index (Phi) is 5.28. The summed E-state index contributed by atoms with van der Waals surface area (Å²) in [5.41, 5.74) is 0.985. The van der Waals surface area contributed by atoms with Gasteiger partial charge in [-0.05, 0) is 24.5 Å². The maximum absolute atomic E-state index is 10.3. The van der Waals surface area contributed by atoms with Crippen LogP contribution < -0.4 is 0 Å². The minimum absolute atomic E-state index is 0.226. The first-order valence-corrected chi connectivity index (χ1v) is 7.66. The van der Waals surface area contributed by atoms with Gasteiger partial charge >= 0.3 is 0 Å². The van der Waals surface area contributed by atoms with Crippen molar-refractivity contribution in [3.63, 3.8) is 0 Å². The van der Waals surface area contributed by atoms with Crippen molar-refractivity contribution in [3.8, 4) is 11.5 Å². The maximum atomic E-state index is 10.3. The second-order valence-corrected chi connectivity index (χ2v) is 5.46. The molecule has 0 atom stereocenters. The smallest absolute Gasteiger partial charge is 0.126 e. The van der Waals surface area contributed by atoms with E-state index in [1.54, 1.807) is 12.1 Å². The maximum Gasteiger partial charge on any atom is 0.126 e. The minimum Gasteiger partial charge on any atom is -0.507 e. The number of hydrogen-bond donors (Lipinski definition) is 2. The van der Waals surface area contributed by atoms with Gasteiger partial charge in [0, 0.05) is 10.8 Å². The SMILES string of the molecule is CCCCCCCCc1ccc2c(O)cccc2c1O. The molecule has 2 aromatic rings. The predicted octanol–water partition coefficient (Wildman–Crippen LogP) is 5.15. The van der Waals surface area contributed by atoms with Crippen LogP contribution in [0.15, 0.2) is 30.3 Å². The zero-order valence-electron chi connectivity index (χ0n) is 12.2. The Morgan fingerprint density at radius 3 is 2.35 bits per heavy atom. The molecular weight excluding hydrogens is 248 g/mol. The largest absolute Gasteiger partial charge is 0.507 e.